The van der Waals surface area contributed by atoms with Crippen molar-refractivity contribution in [3.63, 3.8) is 0 Å². The lowest BCUT2D eigenvalue weighted by Crippen LogP contribution is -2.12. The van der Waals surface area contributed by atoms with Crippen LogP contribution in [0.3, 0.4) is 0 Å². The van der Waals surface area contributed by atoms with E-state index in [1.165, 1.54) is 34.5 Å². The van der Waals surface area contributed by atoms with Gasteiger partial charge in [-0.2, -0.15) is 0 Å². The predicted octanol–water partition coefficient (Wildman–Crippen LogP) is 5.54. The Labute approximate surface area is 136 Å². The molecule has 2 heterocycles. The molecule has 0 saturated heterocycles. The van der Waals surface area contributed by atoms with E-state index in [-0.39, 0.29) is 5.82 Å². The average Bonchev–Trinajstić information content (AvgIpc) is 3.00. The zero-order chi connectivity index (χ0) is 16.0. The molecule has 2 aromatic carbocycles. The van der Waals surface area contributed by atoms with Crippen LogP contribution in [0.5, 0.6) is 0 Å². The maximum Gasteiger partial charge on any atom is 0.123 e. The van der Waals surface area contributed by atoms with E-state index in [0.29, 0.717) is 5.41 Å². The molecule has 2 heteroatoms. The van der Waals surface area contributed by atoms with E-state index in [4.69, 9.17) is 0 Å². The third-order valence-corrected chi connectivity index (χ3v) is 4.65. The van der Waals surface area contributed by atoms with Gasteiger partial charge in [-0.25, -0.2) is 4.39 Å². The van der Waals surface area contributed by atoms with Crippen molar-refractivity contribution in [2.24, 2.45) is 5.41 Å². The van der Waals surface area contributed by atoms with Gasteiger partial charge in [-0.15, -0.1) is 0 Å². The maximum absolute atomic E-state index is 13.3. The molecule has 1 aliphatic rings. The van der Waals surface area contributed by atoms with Gasteiger partial charge in [-0.1, -0.05) is 56.3 Å². The second kappa shape index (κ2) is 5.09. The highest BCUT2D eigenvalue weighted by atomic mass is 19.1. The highest BCUT2D eigenvalue weighted by Gasteiger charge is 2.32. The number of aromatic nitrogens is 1. The number of nitrogens with zero attached hydrogens (tertiary/aromatic N) is 1. The Hall–Kier alpha value is -2.35. The summed E-state index contributed by atoms with van der Waals surface area (Å²) in [4.78, 5) is 0. The van der Waals surface area contributed by atoms with Crippen molar-refractivity contribution in [2.45, 2.75) is 26.8 Å². The lowest BCUT2D eigenvalue weighted by Gasteiger charge is -2.16. The molecule has 3 aromatic rings. The number of halogens is 1. The van der Waals surface area contributed by atoms with Gasteiger partial charge in [0, 0.05) is 29.6 Å². The molecule has 0 bridgehead atoms. The van der Waals surface area contributed by atoms with Gasteiger partial charge in [-0.05, 0) is 35.1 Å². The van der Waals surface area contributed by atoms with Gasteiger partial charge in [0.05, 0.1) is 0 Å². The molecule has 4 rings (SSSR count). The molecule has 0 amide bonds. The molecule has 0 N–H and O–H groups in total. The Kier molecular flexibility index (Phi) is 3.15. The largest absolute Gasteiger partial charge is 0.350 e. The Morgan fingerprint density at radius 2 is 1.61 bits per heavy atom. The summed E-state index contributed by atoms with van der Waals surface area (Å²) in [5.74, 6) is -0.192. The third-order valence-electron chi connectivity index (χ3n) is 4.65. The highest BCUT2D eigenvalue weighted by Crippen LogP contribution is 2.43. The first kappa shape index (κ1) is 14.3. The Morgan fingerprint density at radius 3 is 2.30 bits per heavy atom. The summed E-state index contributed by atoms with van der Waals surface area (Å²) in [6.07, 6.45) is 3.30. The van der Waals surface area contributed by atoms with E-state index in [0.717, 1.165) is 18.5 Å². The predicted molar refractivity (Wildman–Crippen MR) is 92.7 cm³/mol. The number of fused-ring (bicyclic) bond motifs is 1. The standard InChI is InChI=1S/C21H20FN/c1-21(2)12-19-20(16-6-4-3-5-7-16)18(13-23(19)14-21)15-8-10-17(22)11-9-15/h3-11,13H,12,14H2,1-2H3. The highest BCUT2D eigenvalue weighted by molar-refractivity contribution is 5.86. The average molecular weight is 305 g/mol. The fourth-order valence-electron chi connectivity index (χ4n) is 3.67. The second-order valence-electron chi connectivity index (χ2n) is 7.21. The van der Waals surface area contributed by atoms with Crippen molar-refractivity contribution >= 4 is 0 Å². The SMILES string of the molecule is CC1(C)Cc2c(-c3ccccc3)c(-c3ccc(F)cc3)cn2C1. The fourth-order valence-corrected chi connectivity index (χ4v) is 3.67. The van der Waals surface area contributed by atoms with E-state index in [2.05, 4.69) is 48.9 Å². The number of hydrogen-bond acceptors (Lipinski definition) is 0. The summed E-state index contributed by atoms with van der Waals surface area (Å²) in [6.45, 7) is 5.65. The van der Waals surface area contributed by atoms with Crippen molar-refractivity contribution in [1.29, 1.82) is 0 Å². The molecule has 0 unspecified atom stereocenters. The minimum absolute atomic E-state index is 0.192. The minimum Gasteiger partial charge on any atom is -0.350 e. The van der Waals surface area contributed by atoms with Gasteiger partial charge in [-0.3, -0.25) is 0 Å². The molecular formula is C21H20FN. The first-order chi connectivity index (χ1) is 11.0. The fraction of sp³-hybridized carbons (Fsp3) is 0.238. The summed E-state index contributed by atoms with van der Waals surface area (Å²) in [7, 11) is 0. The Bertz CT molecular complexity index is 842. The van der Waals surface area contributed by atoms with Gasteiger partial charge < -0.3 is 4.57 Å². The summed E-state index contributed by atoms with van der Waals surface area (Å²) in [6, 6.07) is 17.3. The molecule has 0 aliphatic carbocycles. The van der Waals surface area contributed by atoms with Crippen molar-refractivity contribution in [3.8, 4) is 22.3 Å². The van der Waals surface area contributed by atoms with E-state index >= 15 is 0 Å². The van der Waals surface area contributed by atoms with Gasteiger partial charge in [0.15, 0.2) is 0 Å². The number of rotatable bonds is 2. The van der Waals surface area contributed by atoms with Crippen LogP contribution in [0.2, 0.25) is 0 Å². The van der Waals surface area contributed by atoms with E-state index in [9.17, 15) is 4.39 Å². The quantitative estimate of drug-likeness (QED) is 0.585. The van der Waals surface area contributed by atoms with E-state index in [1.54, 1.807) is 0 Å². The molecular weight excluding hydrogens is 285 g/mol. The first-order valence-corrected chi connectivity index (χ1v) is 8.07. The molecule has 0 fully saturated rings. The van der Waals surface area contributed by atoms with Gasteiger partial charge in [0.25, 0.3) is 0 Å². The van der Waals surface area contributed by atoms with Crippen molar-refractivity contribution in [3.05, 3.63) is 72.3 Å². The molecule has 1 aromatic heterocycles. The van der Waals surface area contributed by atoms with Crippen LogP contribution in [0.15, 0.2) is 60.8 Å². The summed E-state index contributed by atoms with van der Waals surface area (Å²) < 4.78 is 15.7. The van der Waals surface area contributed by atoms with Crippen LogP contribution < -0.4 is 0 Å². The lowest BCUT2D eigenvalue weighted by atomic mass is 9.87. The monoisotopic (exact) mass is 305 g/mol. The lowest BCUT2D eigenvalue weighted by molar-refractivity contribution is 0.359. The minimum atomic E-state index is -0.192. The van der Waals surface area contributed by atoms with Crippen LogP contribution in [-0.2, 0) is 13.0 Å². The molecule has 1 nitrogen and oxygen atoms in total. The van der Waals surface area contributed by atoms with E-state index in [1.807, 2.05) is 18.2 Å². The second-order valence-corrected chi connectivity index (χ2v) is 7.21. The topological polar surface area (TPSA) is 4.93 Å². The van der Waals surface area contributed by atoms with Crippen LogP contribution in [0.4, 0.5) is 4.39 Å². The van der Waals surface area contributed by atoms with Gasteiger partial charge in [0.2, 0.25) is 0 Å². The molecule has 23 heavy (non-hydrogen) atoms. The summed E-state index contributed by atoms with van der Waals surface area (Å²) >= 11 is 0. The third kappa shape index (κ3) is 2.48. The van der Waals surface area contributed by atoms with Gasteiger partial charge in [0.1, 0.15) is 5.82 Å². The molecule has 1 aliphatic heterocycles. The smallest absolute Gasteiger partial charge is 0.123 e. The molecule has 116 valence electrons. The molecule has 0 atom stereocenters. The van der Waals surface area contributed by atoms with Crippen molar-refractivity contribution in [1.82, 2.24) is 4.57 Å². The number of benzene rings is 2. The zero-order valence-corrected chi connectivity index (χ0v) is 13.5. The van der Waals surface area contributed by atoms with Crippen LogP contribution in [0.25, 0.3) is 22.3 Å². The van der Waals surface area contributed by atoms with Crippen LogP contribution in [0, 0.1) is 11.2 Å². The van der Waals surface area contributed by atoms with Crippen LogP contribution >= 0.6 is 0 Å². The molecule has 0 spiro atoms. The van der Waals surface area contributed by atoms with E-state index < -0.39 is 0 Å². The number of hydrogen-bond donors (Lipinski definition) is 0. The van der Waals surface area contributed by atoms with Crippen LogP contribution in [0.1, 0.15) is 19.5 Å². The molecule has 0 saturated carbocycles. The summed E-state index contributed by atoms with van der Waals surface area (Å²) in [5.41, 5.74) is 6.48. The summed E-state index contributed by atoms with van der Waals surface area (Å²) in [5, 5.41) is 0. The van der Waals surface area contributed by atoms with Crippen molar-refractivity contribution < 1.29 is 4.39 Å². The first-order valence-electron chi connectivity index (χ1n) is 8.07. The Balaban J connectivity index is 1.93. The maximum atomic E-state index is 13.3. The normalized spacial score (nSPS) is 15.6. The van der Waals surface area contributed by atoms with Gasteiger partial charge >= 0.3 is 0 Å². The zero-order valence-electron chi connectivity index (χ0n) is 13.5. The van der Waals surface area contributed by atoms with Crippen LogP contribution in [-0.4, -0.2) is 4.57 Å². The van der Waals surface area contributed by atoms with Crippen molar-refractivity contribution in [2.75, 3.05) is 0 Å². The Morgan fingerprint density at radius 1 is 0.913 bits per heavy atom. The molecule has 0 radical (unpaired) electrons.